The summed E-state index contributed by atoms with van der Waals surface area (Å²) in [5.41, 5.74) is 1.54. The summed E-state index contributed by atoms with van der Waals surface area (Å²) in [4.78, 5) is 0. The molecule has 3 heteroatoms. The van der Waals surface area contributed by atoms with Crippen LogP contribution in [0.5, 0.6) is 0 Å². The Balaban J connectivity index is 1.91. The highest BCUT2D eigenvalue weighted by Crippen LogP contribution is 2.18. The second-order valence-corrected chi connectivity index (χ2v) is 5.16. The normalized spacial score (nSPS) is 12.4. The third-order valence-corrected chi connectivity index (χ3v) is 3.43. The Morgan fingerprint density at radius 2 is 1.68 bits per heavy atom. The van der Waals surface area contributed by atoms with Crippen molar-refractivity contribution in [1.29, 1.82) is 0 Å². The largest absolute Gasteiger partial charge is 0.204 e. The lowest BCUT2D eigenvalue weighted by atomic mass is 10.0. The van der Waals surface area contributed by atoms with E-state index in [0.717, 1.165) is 18.9 Å². The monoisotopic (exact) mass is 280 g/mol. The van der Waals surface area contributed by atoms with E-state index in [-0.39, 0.29) is 5.38 Å². The molecule has 1 atom stereocenters. The van der Waals surface area contributed by atoms with E-state index < -0.39 is 11.6 Å². The van der Waals surface area contributed by atoms with E-state index in [1.54, 1.807) is 6.07 Å². The number of halogens is 3. The standard InChI is InChI=1S/C16H15ClF2/c17-14(10-9-12-5-2-1-3-6-12)11-13-7-4-8-15(18)16(13)19/h1-8,14H,9-11H2. The summed E-state index contributed by atoms with van der Waals surface area (Å²) in [6.45, 7) is 0. The smallest absolute Gasteiger partial charge is 0.162 e. The highest BCUT2D eigenvalue weighted by Gasteiger charge is 2.12. The number of aryl methyl sites for hydroxylation is 1. The zero-order valence-electron chi connectivity index (χ0n) is 10.5. The molecular formula is C16H15ClF2. The minimum atomic E-state index is -0.815. The highest BCUT2D eigenvalue weighted by molar-refractivity contribution is 6.20. The molecule has 0 aromatic heterocycles. The minimum absolute atomic E-state index is 0.198. The maximum atomic E-state index is 13.5. The number of hydrogen-bond donors (Lipinski definition) is 0. The topological polar surface area (TPSA) is 0 Å². The number of hydrogen-bond acceptors (Lipinski definition) is 0. The number of rotatable bonds is 5. The van der Waals surface area contributed by atoms with Crippen LogP contribution in [0.25, 0.3) is 0 Å². The van der Waals surface area contributed by atoms with Crippen molar-refractivity contribution in [1.82, 2.24) is 0 Å². The van der Waals surface area contributed by atoms with E-state index in [2.05, 4.69) is 0 Å². The van der Waals surface area contributed by atoms with Crippen molar-refractivity contribution in [3.05, 3.63) is 71.3 Å². The van der Waals surface area contributed by atoms with Gasteiger partial charge in [-0.05, 0) is 36.5 Å². The van der Waals surface area contributed by atoms with Crippen LogP contribution < -0.4 is 0 Å². The van der Waals surface area contributed by atoms with E-state index in [1.165, 1.54) is 11.6 Å². The fraction of sp³-hybridized carbons (Fsp3) is 0.250. The maximum Gasteiger partial charge on any atom is 0.162 e. The lowest BCUT2D eigenvalue weighted by molar-refractivity contribution is 0.496. The number of benzene rings is 2. The van der Waals surface area contributed by atoms with E-state index in [9.17, 15) is 8.78 Å². The van der Waals surface area contributed by atoms with E-state index in [0.29, 0.717) is 12.0 Å². The zero-order valence-corrected chi connectivity index (χ0v) is 11.2. The molecule has 0 amide bonds. The van der Waals surface area contributed by atoms with E-state index in [4.69, 9.17) is 11.6 Å². The molecule has 0 N–H and O–H groups in total. The molecule has 0 saturated heterocycles. The fourth-order valence-corrected chi connectivity index (χ4v) is 2.29. The Morgan fingerprint density at radius 3 is 2.42 bits per heavy atom. The Bertz CT molecular complexity index is 526. The van der Waals surface area contributed by atoms with Gasteiger partial charge >= 0.3 is 0 Å². The lowest BCUT2D eigenvalue weighted by Crippen LogP contribution is -2.07. The Labute approximate surface area is 117 Å². The van der Waals surface area contributed by atoms with Crippen LogP contribution in [-0.4, -0.2) is 5.38 Å². The van der Waals surface area contributed by atoms with Gasteiger partial charge in [-0.2, -0.15) is 0 Å². The van der Waals surface area contributed by atoms with Crippen LogP contribution in [0, 0.1) is 11.6 Å². The van der Waals surface area contributed by atoms with Gasteiger partial charge in [0.1, 0.15) is 0 Å². The van der Waals surface area contributed by atoms with Crippen LogP contribution in [0.4, 0.5) is 8.78 Å². The van der Waals surface area contributed by atoms with Crippen LogP contribution in [0.2, 0.25) is 0 Å². The average molecular weight is 281 g/mol. The van der Waals surface area contributed by atoms with Crippen LogP contribution in [0.3, 0.4) is 0 Å². The first-order chi connectivity index (χ1) is 9.16. The third-order valence-electron chi connectivity index (χ3n) is 3.06. The van der Waals surface area contributed by atoms with Gasteiger partial charge in [0.05, 0.1) is 0 Å². The summed E-state index contributed by atoms with van der Waals surface area (Å²) >= 11 is 6.20. The molecule has 0 spiro atoms. The predicted octanol–water partition coefficient (Wildman–Crippen LogP) is 4.75. The van der Waals surface area contributed by atoms with Crippen molar-refractivity contribution >= 4 is 11.6 Å². The van der Waals surface area contributed by atoms with E-state index >= 15 is 0 Å². The van der Waals surface area contributed by atoms with Crippen LogP contribution in [0.15, 0.2) is 48.5 Å². The third kappa shape index (κ3) is 4.03. The summed E-state index contributed by atoms with van der Waals surface area (Å²) in [7, 11) is 0. The summed E-state index contributed by atoms with van der Waals surface area (Å²) in [5.74, 6) is -1.60. The molecule has 0 radical (unpaired) electrons. The first-order valence-electron chi connectivity index (χ1n) is 6.27. The van der Waals surface area contributed by atoms with Gasteiger partial charge < -0.3 is 0 Å². The SMILES string of the molecule is Fc1cccc(CC(Cl)CCc2ccccc2)c1F. The van der Waals surface area contributed by atoms with Crippen molar-refractivity contribution in [2.45, 2.75) is 24.6 Å². The second-order valence-electron chi connectivity index (χ2n) is 4.54. The predicted molar refractivity (Wildman–Crippen MR) is 74.5 cm³/mol. The molecule has 19 heavy (non-hydrogen) atoms. The van der Waals surface area contributed by atoms with Crippen LogP contribution >= 0.6 is 11.6 Å². The molecule has 2 aromatic rings. The molecule has 0 nitrogen and oxygen atoms in total. The Morgan fingerprint density at radius 1 is 0.947 bits per heavy atom. The van der Waals surface area contributed by atoms with E-state index in [1.807, 2.05) is 30.3 Å². The van der Waals surface area contributed by atoms with Crippen molar-refractivity contribution in [2.24, 2.45) is 0 Å². The van der Waals surface area contributed by atoms with Gasteiger partial charge in [0, 0.05) is 5.38 Å². The van der Waals surface area contributed by atoms with Crippen LogP contribution in [-0.2, 0) is 12.8 Å². The molecule has 0 heterocycles. The van der Waals surface area contributed by atoms with Gasteiger partial charge in [0.15, 0.2) is 11.6 Å². The van der Waals surface area contributed by atoms with Crippen LogP contribution in [0.1, 0.15) is 17.5 Å². The molecule has 0 bridgehead atoms. The fourth-order valence-electron chi connectivity index (χ4n) is 2.01. The van der Waals surface area contributed by atoms with Crippen molar-refractivity contribution < 1.29 is 8.78 Å². The van der Waals surface area contributed by atoms with Crippen molar-refractivity contribution in [2.75, 3.05) is 0 Å². The Kier molecular flexibility index (Phi) is 4.92. The molecular weight excluding hydrogens is 266 g/mol. The van der Waals surface area contributed by atoms with Gasteiger partial charge in [-0.3, -0.25) is 0 Å². The lowest BCUT2D eigenvalue weighted by Gasteiger charge is -2.10. The zero-order chi connectivity index (χ0) is 13.7. The summed E-state index contributed by atoms with van der Waals surface area (Å²) in [6, 6.07) is 14.2. The molecule has 2 aromatic carbocycles. The Hall–Kier alpha value is -1.41. The molecule has 0 aliphatic heterocycles. The molecule has 0 aliphatic rings. The van der Waals surface area contributed by atoms with Gasteiger partial charge in [0.2, 0.25) is 0 Å². The first kappa shape index (κ1) is 14.0. The van der Waals surface area contributed by atoms with Gasteiger partial charge in [0.25, 0.3) is 0 Å². The highest BCUT2D eigenvalue weighted by atomic mass is 35.5. The molecule has 0 saturated carbocycles. The summed E-state index contributed by atoms with van der Waals surface area (Å²) in [6.07, 6.45) is 1.92. The average Bonchev–Trinajstić information content (AvgIpc) is 2.43. The van der Waals surface area contributed by atoms with Gasteiger partial charge in [-0.25, -0.2) is 8.78 Å². The van der Waals surface area contributed by atoms with Crippen molar-refractivity contribution in [3.8, 4) is 0 Å². The summed E-state index contributed by atoms with van der Waals surface area (Å²) < 4.78 is 26.6. The molecule has 2 rings (SSSR count). The maximum absolute atomic E-state index is 13.5. The second kappa shape index (κ2) is 6.67. The summed E-state index contributed by atoms with van der Waals surface area (Å²) in [5, 5.41) is -0.198. The van der Waals surface area contributed by atoms with Crippen molar-refractivity contribution in [3.63, 3.8) is 0 Å². The molecule has 100 valence electrons. The molecule has 0 fully saturated rings. The quantitative estimate of drug-likeness (QED) is 0.694. The minimum Gasteiger partial charge on any atom is -0.204 e. The molecule has 0 aliphatic carbocycles. The van der Waals surface area contributed by atoms with Gasteiger partial charge in [-0.15, -0.1) is 11.6 Å². The molecule has 1 unspecified atom stereocenters. The van der Waals surface area contributed by atoms with Gasteiger partial charge in [-0.1, -0.05) is 42.5 Å². The first-order valence-corrected chi connectivity index (χ1v) is 6.71. The number of alkyl halides is 1.